The molecular formula is C39H50Cl2O15. The van der Waals surface area contributed by atoms with Crippen LogP contribution in [0.25, 0.3) is 0 Å². The fourth-order valence-electron chi connectivity index (χ4n) is 3.83. The highest BCUT2D eigenvalue weighted by Gasteiger charge is 2.19. The van der Waals surface area contributed by atoms with Gasteiger partial charge < -0.3 is 38.3 Å². The minimum atomic E-state index is -1.15. The molecule has 0 bridgehead atoms. The number of rotatable bonds is 23. The molecule has 0 heterocycles. The van der Waals surface area contributed by atoms with Gasteiger partial charge in [0, 0.05) is 32.6 Å². The van der Waals surface area contributed by atoms with E-state index in [1.54, 1.807) is 0 Å². The van der Waals surface area contributed by atoms with E-state index in [2.05, 4.69) is 4.74 Å². The quantitative estimate of drug-likeness (QED) is 0.0424. The van der Waals surface area contributed by atoms with Gasteiger partial charge in [-0.3, -0.25) is 33.6 Å². The van der Waals surface area contributed by atoms with Crippen molar-refractivity contribution in [2.24, 2.45) is 0 Å². The molecule has 2 aromatic rings. The van der Waals surface area contributed by atoms with Crippen molar-refractivity contribution in [2.75, 3.05) is 12.5 Å². The van der Waals surface area contributed by atoms with E-state index in [1.165, 1.54) is 20.8 Å². The average molecular weight is 830 g/mol. The largest absolute Gasteiger partial charge is 0.481 e. The first-order chi connectivity index (χ1) is 26.6. The zero-order valence-corrected chi connectivity index (χ0v) is 33.3. The molecule has 17 heteroatoms. The van der Waals surface area contributed by atoms with Gasteiger partial charge >= 0.3 is 41.8 Å². The second kappa shape index (κ2) is 32.2. The Morgan fingerprint density at radius 2 is 1.04 bits per heavy atom. The van der Waals surface area contributed by atoms with Gasteiger partial charge in [0.1, 0.15) is 19.0 Å². The van der Waals surface area contributed by atoms with Gasteiger partial charge in [-0.25, -0.2) is 0 Å². The predicted octanol–water partition coefficient (Wildman–Crippen LogP) is 6.36. The molecule has 0 aliphatic rings. The number of ketones is 1. The highest BCUT2D eigenvalue weighted by molar-refractivity contribution is 6.20. The van der Waals surface area contributed by atoms with Gasteiger partial charge in [-0.05, 0) is 37.3 Å². The molecule has 0 saturated carbocycles. The Morgan fingerprint density at radius 1 is 0.571 bits per heavy atom. The molecule has 2 aromatic carbocycles. The van der Waals surface area contributed by atoms with E-state index in [0.29, 0.717) is 12.3 Å². The van der Waals surface area contributed by atoms with Crippen molar-refractivity contribution in [1.82, 2.24) is 0 Å². The normalized spacial score (nSPS) is 11.0. The molecule has 2 unspecified atom stereocenters. The van der Waals surface area contributed by atoms with Crippen LogP contribution < -0.4 is 0 Å². The fraction of sp³-hybridized carbons (Fsp3) is 0.487. The number of Topliss-reactive ketones (excluding diaryl/α,β-unsaturated/α-hetero) is 1. The Balaban J connectivity index is 0.000000991. The zero-order valence-electron chi connectivity index (χ0n) is 31.7. The van der Waals surface area contributed by atoms with Crippen molar-refractivity contribution in [3.63, 3.8) is 0 Å². The Morgan fingerprint density at radius 3 is 1.50 bits per heavy atom. The predicted molar refractivity (Wildman–Crippen MR) is 202 cm³/mol. The Hall–Kier alpha value is -5.02. The van der Waals surface area contributed by atoms with Gasteiger partial charge in [-0.1, -0.05) is 72.3 Å². The summed E-state index contributed by atoms with van der Waals surface area (Å²) in [6.45, 7) is 4.21. The lowest BCUT2D eigenvalue weighted by molar-refractivity contribution is -0.189. The number of aliphatic carboxylic acids is 1. The summed E-state index contributed by atoms with van der Waals surface area (Å²) >= 11 is 10.9. The summed E-state index contributed by atoms with van der Waals surface area (Å²) < 4.78 is 29.6. The van der Waals surface area contributed by atoms with Gasteiger partial charge in [0.2, 0.25) is 6.29 Å². The molecule has 56 heavy (non-hydrogen) atoms. The molecular weight excluding hydrogens is 779 g/mol. The van der Waals surface area contributed by atoms with Gasteiger partial charge in [0.15, 0.2) is 5.56 Å². The Kier molecular flexibility index (Phi) is 29.4. The van der Waals surface area contributed by atoms with Crippen LogP contribution in [0.2, 0.25) is 0 Å². The van der Waals surface area contributed by atoms with Crippen molar-refractivity contribution >= 4 is 70.8 Å². The van der Waals surface area contributed by atoms with Gasteiger partial charge in [-0.2, -0.15) is 0 Å². The third-order valence-corrected chi connectivity index (χ3v) is 7.08. The van der Waals surface area contributed by atoms with Crippen LogP contribution in [0, 0.1) is 0 Å². The van der Waals surface area contributed by atoms with Crippen LogP contribution >= 0.6 is 23.2 Å². The number of ether oxygens (including phenoxy) is 6. The number of carbonyl (C=O) groups is 8. The van der Waals surface area contributed by atoms with Crippen molar-refractivity contribution in [1.29, 1.82) is 0 Å². The summed E-state index contributed by atoms with van der Waals surface area (Å²) in [6.07, 6.45) is 0.0561. The van der Waals surface area contributed by atoms with Crippen LogP contribution in [0.15, 0.2) is 60.7 Å². The lowest BCUT2D eigenvalue weighted by Crippen LogP contribution is -2.24. The summed E-state index contributed by atoms with van der Waals surface area (Å²) in [5.41, 5.74) is 1.20. The number of alkyl halides is 2. The zero-order chi connectivity index (χ0) is 42.1. The van der Waals surface area contributed by atoms with Gasteiger partial charge in [-0.15, -0.1) is 11.6 Å². The van der Waals surface area contributed by atoms with Crippen molar-refractivity contribution in [3.8, 4) is 0 Å². The van der Waals surface area contributed by atoms with E-state index in [9.17, 15) is 38.4 Å². The summed E-state index contributed by atoms with van der Waals surface area (Å²) in [5.74, 6) is -3.82. The Labute approximate surface area is 336 Å². The lowest BCUT2D eigenvalue weighted by Gasteiger charge is -2.17. The van der Waals surface area contributed by atoms with Crippen molar-refractivity contribution in [2.45, 2.75) is 110 Å². The van der Waals surface area contributed by atoms with Crippen LogP contribution in [0.1, 0.15) is 96.1 Å². The van der Waals surface area contributed by atoms with Crippen molar-refractivity contribution < 1.29 is 71.9 Å². The molecule has 310 valence electrons. The molecule has 0 aliphatic carbocycles. The number of hydrogen-bond acceptors (Lipinski definition) is 14. The van der Waals surface area contributed by atoms with Crippen LogP contribution in [-0.2, 0) is 80.0 Å². The van der Waals surface area contributed by atoms with Crippen LogP contribution in [0.3, 0.4) is 0 Å². The lowest BCUT2D eigenvalue weighted by atomic mass is 10.2. The third-order valence-electron chi connectivity index (χ3n) is 6.51. The molecule has 0 aromatic heterocycles. The maximum atomic E-state index is 12.0. The minimum absolute atomic E-state index is 0.00192. The highest BCUT2D eigenvalue weighted by Crippen LogP contribution is 2.10. The summed E-state index contributed by atoms with van der Waals surface area (Å²) in [6, 6.07) is 18.4. The molecule has 0 amide bonds. The number of halogens is 2. The first kappa shape index (κ1) is 51.0. The van der Waals surface area contributed by atoms with Gasteiger partial charge in [0.05, 0.1) is 38.7 Å². The number of benzene rings is 2. The molecule has 0 saturated heterocycles. The van der Waals surface area contributed by atoms with E-state index in [0.717, 1.165) is 17.5 Å². The van der Waals surface area contributed by atoms with E-state index < -0.39 is 47.7 Å². The SMILES string of the molecule is CC(=O)CCC(=O)OCCCC(OC(C)=O)OC(=O)CCC(=O)OCc1ccccc1.CC(=O)OC(Cl)CCCCl.O=C(O)CCC(=O)OCc1ccccc1. The molecule has 0 spiro atoms. The first-order valence-electron chi connectivity index (χ1n) is 17.6. The summed E-state index contributed by atoms with van der Waals surface area (Å²) in [7, 11) is 0. The number of carboxylic acid groups (broad SMARTS) is 1. The van der Waals surface area contributed by atoms with Gasteiger partial charge in [0.25, 0.3) is 0 Å². The van der Waals surface area contributed by atoms with E-state index >= 15 is 0 Å². The molecule has 0 radical (unpaired) electrons. The Bertz CT molecular complexity index is 1490. The average Bonchev–Trinajstić information content (AvgIpc) is 3.15. The van der Waals surface area contributed by atoms with E-state index in [4.69, 9.17) is 52.0 Å². The second-order valence-corrected chi connectivity index (χ2v) is 12.5. The first-order valence-corrected chi connectivity index (χ1v) is 18.6. The fourth-order valence-corrected chi connectivity index (χ4v) is 4.26. The number of carboxylic acids is 1. The van der Waals surface area contributed by atoms with Crippen LogP contribution in [0.5, 0.6) is 0 Å². The topological polar surface area (TPSA) is 212 Å². The second-order valence-electron chi connectivity index (χ2n) is 11.6. The van der Waals surface area contributed by atoms with Crippen molar-refractivity contribution in [3.05, 3.63) is 71.8 Å². The van der Waals surface area contributed by atoms with Crippen LogP contribution in [0.4, 0.5) is 0 Å². The minimum Gasteiger partial charge on any atom is -0.481 e. The standard InChI is InChI=1S/C22H28O9.C11H12O4.C6H10Cl2O2/c1-16(23)10-11-19(25)28-14-6-9-22(30-17(2)24)31-21(27)13-12-20(26)29-15-18-7-4-3-5-8-18;12-10(13)6-7-11(14)15-8-9-4-2-1-3-5-9;1-5(9)10-6(8)3-2-4-7/h3-5,7-8,22H,6,9-15H2,1-2H3;1-5H,6-8H2,(H,12,13);6H,2-4H2,1H3. The molecule has 0 aliphatic heterocycles. The van der Waals surface area contributed by atoms with E-state index in [-0.39, 0.29) is 82.9 Å². The number of hydrogen-bond donors (Lipinski definition) is 1. The molecule has 1 N–H and O–H groups in total. The summed E-state index contributed by atoms with van der Waals surface area (Å²) in [4.78, 5) is 88.7. The number of carbonyl (C=O) groups excluding carboxylic acids is 7. The molecule has 0 fully saturated rings. The van der Waals surface area contributed by atoms with Crippen LogP contribution in [-0.4, -0.2) is 77.0 Å². The molecule has 2 rings (SSSR count). The molecule has 2 atom stereocenters. The maximum absolute atomic E-state index is 12.0. The monoisotopic (exact) mass is 828 g/mol. The summed E-state index contributed by atoms with van der Waals surface area (Å²) in [5, 5.41) is 8.34. The third kappa shape index (κ3) is 32.4. The highest BCUT2D eigenvalue weighted by atomic mass is 35.5. The number of esters is 6. The van der Waals surface area contributed by atoms with E-state index in [1.807, 2.05) is 60.7 Å². The maximum Gasteiger partial charge on any atom is 0.309 e. The smallest absolute Gasteiger partial charge is 0.309 e. The molecule has 15 nitrogen and oxygen atoms in total.